The largest absolute Gasteiger partial charge is 0.497 e. The molecule has 0 bridgehead atoms. The Balaban J connectivity index is 2.77. The van der Waals surface area contributed by atoms with Gasteiger partial charge in [0.2, 0.25) is 0 Å². The van der Waals surface area contributed by atoms with Crippen LogP contribution in [0.4, 0.5) is 5.69 Å². The summed E-state index contributed by atoms with van der Waals surface area (Å²) in [6.07, 6.45) is 0. The Morgan fingerprint density at radius 3 is 2.62 bits per heavy atom. The average molecular weight is 221 g/mol. The van der Waals surface area contributed by atoms with E-state index in [4.69, 9.17) is 10.5 Å². The van der Waals surface area contributed by atoms with Gasteiger partial charge < -0.3 is 15.8 Å². The van der Waals surface area contributed by atoms with Gasteiger partial charge in [-0.25, -0.2) is 4.99 Å². The Morgan fingerprint density at radius 2 is 2.06 bits per heavy atom. The minimum absolute atomic E-state index is 0.185. The molecule has 4 nitrogen and oxygen atoms in total. The van der Waals surface area contributed by atoms with E-state index >= 15 is 0 Å². The fourth-order valence-electron chi connectivity index (χ4n) is 1.24. The second kappa shape index (κ2) is 4.88. The van der Waals surface area contributed by atoms with Crippen molar-refractivity contribution in [3.63, 3.8) is 0 Å². The van der Waals surface area contributed by atoms with Crippen molar-refractivity contribution in [1.82, 2.24) is 0 Å². The number of ether oxygens (including phenoxy) is 1. The molecule has 0 aliphatic heterocycles. The summed E-state index contributed by atoms with van der Waals surface area (Å²) in [7, 11) is 1.63. The molecule has 4 heteroatoms. The topological polar surface area (TPSA) is 59.6 Å². The lowest BCUT2D eigenvalue weighted by molar-refractivity contribution is 0.415. The first-order chi connectivity index (χ1) is 7.40. The number of nitrogens with two attached hydrogens (primary N) is 1. The van der Waals surface area contributed by atoms with Crippen molar-refractivity contribution in [2.75, 3.05) is 12.4 Å². The van der Waals surface area contributed by atoms with Gasteiger partial charge >= 0.3 is 0 Å². The zero-order valence-electron chi connectivity index (χ0n) is 10.2. The fourth-order valence-corrected chi connectivity index (χ4v) is 1.24. The summed E-state index contributed by atoms with van der Waals surface area (Å²) in [6.45, 7) is 5.98. The van der Waals surface area contributed by atoms with Crippen LogP contribution in [-0.2, 0) is 0 Å². The molecule has 0 aliphatic rings. The van der Waals surface area contributed by atoms with E-state index < -0.39 is 0 Å². The van der Waals surface area contributed by atoms with E-state index in [1.54, 1.807) is 7.11 Å². The van der Waals surface area contributed by atoms with Crippen LogP contribution in [0.5, 0.6) is 5.75 Å². The van der Waals surface area contributed by atoms with E-state index in [9.17, 15) is 0 Å². The second-order valence-electron chi connectivity index (χ2n) is 4.52. The minimum Gasteiger partial charge on any atom is -0.497 e. The van der Waals surface area contributed by atoms with E-state index in [0.717, 1.165) is 11.4 Å². The van der Waals surface area contributed by atoms with Gasteiger partial charge in [0, 0.05) is 11.8 Å². The zero-order chi connectivity index (χ0) is 12.2. The molecule has 0 saturated carbocycles. The second-order valence-corrected chi connectivity index (χ2v) is 4.52. The van der Waals surface area contributed by atoms with Crippen molar-refractivity contribution < 1.29 is 4.74 Å². The van der Waals surface area contributed by atoms with Gasteiger partial charge in [0.15, 0.2) is 5.96 Å². The number of benzene rings is 1. The Bertz CT molecular complexity index is 380. The highest BCUT2D eigenvalue weighted by molar-refractivity contribution is 5.92. The first-order valence-corrected chi connectivity index (χ1v) is 5.17. The molecule has 0 atom stereocenters. The lowest BCUT2D eigenvalue weighted by Gasteiger charge is -2.14. The van der Waals surface area contributed by atoms with Crippen molar-refractivity contribution in [2.45, 2.75) is 26.3 Å². The maximum Gasteiger partial charge on any atom is 0.193 e. The molecule has 1 aromatic carbocycles. The van der Waals surface area contributed by atoms with Crippen LogP contribution in [0.25, 0.3) is 0 Å². The summed E-state index contributed by atoms with van der Waals surface area (Å²) in [4.78, 5) is 4.30. The van der Waals surface area contributed by atoms with Crippen molar-refractivity contribution in [3.05, 3.63) is 24.3 Å². The van der Waals surface area contributed by atoms with Crippen molar-refractivity contribution in [2.24, 2.45) is 10.7 Å². The number of nitrogens with zero attached hydrogens (tertiary/aromatic N) is 1. The van der Waals surface area contributed by atoms with Crippen LogP contribution in [0, 0.1) is 0 Å². The van der Waals surface area contributed by atoms with Crippen LogP contribution in [0.2, 0.25) is 0 Å². The van der Waals surface area contributed by atoms with Gasteiger partial charge in [0.05, 0.1) is 12.6 Å². The lowest BCUT2D eigenvalue weighted by atomic mass is 10.1. The molecule has 0 saturated heterocycles. The van der Waals surface area contributed by atoms with E-state index in [1.807, 2.05) is 45.0 Å². The quantitative estimate of drug-likeness (QED) is 0.594. The van der Waals surface area contributed by atoms with Gasteiger partial charge in [-0.2, -0.15) is 0 Å². The number of anilines is 1. The Labute approximate surface area is 96.5 Å². The number of hydrogen-bond acceptors (Lipinski definition) is 2. The average Bonchev–Trinajstić information content (AvgIpc) is 2.15. The number of hydrogen-bond donors (Lipinski definition) is 2. The highest BCUT2D eigenvalue weighted by Crippen LogP contribution is 2.16. The molecule has 0 aromatic heterocycles. The van der Waals surface area contributed by atoms with E-state index in [0.29, 0.717) is 5.96 Å². The molecule has 0 heterocycles. The summed E-state index contributed by atoms with van der Waals surface area (Å²) in [6, 6.07) is 7.55. The molecule has 0 aliphatic carbocycles. The molecular weight excluding hydrogens is 202 g/mol. The van der Waals surface area contributed by atoms with Crippen LogP contribution in [0.3, 0.4) is 0 Å². The van der Waals surface area contributed by atoms with Gasteiger partial charge in [-0.1, -0.05) is 6.07 Å². The molecule has 16 heavy (non-hydrogen) atoms. The highest BCUT2D eigenvalue weighted by Gasteiger charge is 2.08. The van der Waals surface area contributed by atoms with E-state index in [1.165, 1.54) is 0 Å². The predicted octanol–water partition coefficient (Wildman–Crippen LogP) is 2.22. The molecule has 0 unspecified atom stereocenters. The first kappa shape index (κ1) is 12.4. The molecule has 0 spiro atoms. The van der Waals surface area contributed by atoms with Gasteiger partial charge in [0.25, 0.3) is 0 Å². The zero-order valence-corrected chi connectivity index (χ0v) is 10.2. The third-order valence-corrected chi connectivity index (χ3v) is 1.80. The molecule has 0 fully saturated rings. The molecule has 3 N–H and O–H groups in total. The summed E-state index contributed by atoms with van der Waals surface area (Å²) < 4.78 is 5.12. The molecule has 0 amide bonds. The monoisotopic (exact) mass is 221 g/mol. The Morgan fingerprint density at radius 1 is 1.38 bits per heavy atom. The first-order valence-electron chi connectivity index (χ1n) is 5.17. The summed E-state index contributed by atoms with van der Waals surface area (Å²) in [5.74, 6) is 1.19. The maximum absolute atomic E-state index is 5.78. The van der Waals surface area contributed by atoms with Gasteiger partial charge in [0.1, 0.15) is 5.75 Å². The van der Waals surface area contributed by atoms with Crippen LogP contribution in [-0.4, -0.2) is 18.6 Å². The SMILES string of the molecule is COc1cccc(NC(N)=NC(C)(C)C)c1. The Hall–Kier alpha value is -1.71. The summed E-state index contributed by atoms with van der Waals surface area (Å²) >= 11 is 0. The predicted molar refractivity (Wildman–Crippen MR) is 68.0 cm³/mol. The van der Waals surface area contributed by atoms with E-state index in [-0.39, 0.29) is 5.54 Å². The van der Waals surface area contributed by atoms with Gasteiger partial charge in [-0.15, -0.1) is 0 Å². The number of nitrogens with one attached hydrogen (secondary N) is 1. The van der Waals surface area contributed by atoms with Crippen LogP contribution < -0.4 is 15.8 Å². The minimum atomic E-state index is -0.185. The van der Waals surface area contributed by atoms with Crippen LogP contribution in [0.1, 0.15) is 20.8 Å². The van der Waals surface area contributed by atoms with Crippen molar-refractivity contribution in [1.29, 1.82) is 0 Å². The number of rotatable bonds is 2. The lowest BCUT2D eigenvalue weighted by Crippen LogP contribution is -2.27. The number of guanidine groups is 1. The van der Waals surface area contributed by atoms with Gasteiger partial charge in [-0.3, -0.25) is 0 Å². The third-order valence-electron chi connectivity index (χ3n) is 1.80. The molecule has 1 aromatic rings. The molecule has 1 rings (SSSR count). The maximum atomic E-state index is 5.78. The van der Waals surface area contributed by atoms with Gasteiger partial charge in [-0.05, 0) is 32.9 Å². The van der Waals surface area contributed by atoms with Crippen LogP contribution in [0.15, 0.2) is 29.3 Å². The normalized spacial score (nSPS) is 12.4. The van der Waals surface area contributed by atoms with Crippen molar-refractivity contribution in [3.8, 4) is 5.75 Å². The molecule has 0 radical (unpaired) electrons. The fraction of sp³-hybridized carbons (Fsp3) is 0.417. The smallest absolute Gasteiger partial charge is 0.193 e. The number of methoxy groups -OCH3 is 1. The highest BCUT2D eigenvalue weighted by atomic mass is 16.5. The van der Waals surface area contributed by atoms with E-state index in [2.05, 4.69) is 10.3 Å². The third kappa shape index (κ3) is 4.21. The standard InChI is InChI=1S/C12H19N3O/c1-12(2,3)15-11(13)14-9-6-5-7-10(8-9)16-4/h5-8H,1-4H3,(H3,13,14,15). The van der Waals surface area contributed by atoms with Crippen molar-refractivity contribution >= 4 is 11.6 Å². The van der Waals surface area contributed by atoms with Crippen LogP contribution >= 0.6 is 0 Å². The summed E-state index contributed by atoms with van der Waals surface area (Å²) in [5, 5.41) is 3.02. The number of aliphatic imine (C=N–C) groups is 1. The Kier molecular flexibility index (Phi) is 3.77. The molecular formula is C12H19N3O. The summed E-state index contributed by atoms with van der Waals surface area (Å²) in [5.41, 5.74) is 6.46. The molecule has 88 valence electrons.